The summed E-state index contributed by atoms with van der Waals surface area (Å²) in [6.45, 7) is 3.78. The Morgan fingerprint density at radius 2 is 1.83 bits per heavy atom. The molecule has 1 amide bonds. The Balaban J connectivity index is 2.05. The summed E-state index contributed by atoms with van der Waals surface area (Å²) in [5.41, 5.74) is 0.924. The zero-order chi connectivity index (χ0) is 17.5. The van der Waals surface area contributed by atoms with Crippen molar-refractivity contribution in [1.82, 2.24) is 0 Å². The summed E-state index contributed by atoms with van der Waals surface area (Å²) >= 11 is 0. The number of carbonyl (C=O) groups excluding carboxylic acids is 1. The molecule has 0 saturated carbocycles. The number of rotatable bonds is 6. The zero-order valence-corrected chi connectivity index (χ0v) is 13.5. The summed E-state index contributed by atoms with van der Waals surface area (Å²) in [5, 5.41) is 11.7. The standard InChI is InChI=1S/C18H19NO5/c1-12(2)24-14-8-9-16(15(10-14)17(20)21)19-18(22)23-11-13-6-4-3-5-7-13/h3-10,12H,11H2,1-2H3,(H,19,22)(H,20,21). The predicted octanol–water partition coefficient (Wildman–Crippen LogP) is 3.92. The first-order valence-corrected chi connectivity index (χ1v) is 7.47. The Morgan fingerprint density at radius 1 is 1.12 bits per heavy atom. The Morgan fingerprint density at radius 3 is 2.46 bits per heavy atom. The van der Waals surface area contributed by atoms with Gasteiger partial charge in [-0.2, -0.15) is 0 Å². The van der Waals surface area contributed by atoms with Crippen LogP contribution in [0.2, 0.25) is 0 Å². The highest BCUT2D eigenvalue weighted by atomic mass is 16.5. The van der Waals surface area contributed by atoms with Crippen LogP contribution in [-0.2, 0) is 11.3 Å². The second kappa shape index (κ2) is 8.01. The number of carboxylic acids is 1. The van der Waals surface area contributed by atoms with E-state index in [1.54, 1.807) is 6.07 Å². The van der Waals surface area contributed by atoms with Crippen LogP contribution in [0.25, 0.3) is 0 Å². The average molecular weight is 329 g/mol. The van der Waals surface area contributed by atoms with E-state index < -0.39 is 12.1 Å². The fraction of sp³-hybridized carbons (Fsp3) is 0.222. The van der Waals surface area contributed by atoms with Crippen LogP contribution in [0.3, 0.4) is 0 Å². The van der Waals surface area contributed by atoms with E-state index in [-0.39, 0.29) is 24.0 Å². The molecule has 0 radical (unpaired) electrons. The molecule has 6 heteroatoms. The number of anilines is 1. The number of hydrogen-bond acceptors (Lipinski definition) is 4. The summed E-state index contributed by atoms with van der Waals surface area (Å²) in [5.74, 6) is -0.742. The third-order valence-electron chi connectivity index (χ3n) is 3.04. The van der Waals surface area contributed by atoms with E-state index in [9.17, 15) is 14.7 Å². The van der Waals surface area contributed by atoms with Crippen LogP contribution in [0.1, 0.15) is 29.8 Å². The number of ether oxygens (including phenoxy) is 2. The lowest BCUT2D eigenvalue weighted by Crippen LogP contribution is -2.16. The third kappa shape index (κ3) is 5.01. The van der Waals surface area contributed by atoms with Crippen molar-refractivity contribution in [3.8, 4) is 5.75 Å². The predicted molar refractivity (Wildman–Crippen MR) is 89.4 cm³/mol. The molecule has 0 aliphatic rings. The zero-order valence-electron chi connectivity index (χ0n) is 13.5. The van der Waals surface area contributed by atoms with Crippen molar-refractivity contribution in [2.75, 3.05) is 5.32 Å². The van der Waals surface area contributed by atoms with Crippen molar-refractivity contribution in [3.05, 3.63) is 59.7 Å². The Bertz CT molecular complexity index is 713. The molecule has 0 fully saturated rings. The van der Waals surface area contributed by atoms with Crippen LogP contribution in [0.5, 0.6) is 5.75 Å². The van der Waals surface area contributed by atoms with E-state index in [0.29, 0.717) is 5.75 Å². The SMILES string of the molecule is CC(C)Oc1ccc(NC(=O)OCc2ccccc2)c(C(=O)O)c1. The van der Waals surface area contributed by atoms with Crippen LogP contribution < -0.4 is 10.1 Å². The maximum atomic E-state index is 11.9. The molecule has 2 rings (SSSR count). The minimum atomic E-state index is -1.16. The van der Waals surface area contributed by atoms with Gasteiger partial charge in [-0.25, -0.2) is 9.59 Å². The summed E-state index contributed by atoms with van der Waals surface area (Å²) in [6.07, 6.45) is -0.805. The van der Waals surface area contributed by atoms with Crippen LogP contribution in [-0.4, -0.2) is 23.3 Å². The minimum absolute atomic E-state index is 0.0650. The molecule has 0 heterocycles. The number of nitrogens with one attached hydrogen (secondary N) is 1. The van der Waals surface area contributed by atoms with Crippen molar-refractivity contribution in [1.29, 1.82) is 0 Å². The lowest BCUT2D eigenvalue weighted by molar-refractivity contribution is 0.0697. The molecule has 0 aromatic heterocycles. The second-order valence-corrected chi connectivity index (χ2v) is 5.37. The van der Waals surface area contributed by atoms with Crippen molar-refractivity contribution in [2.45, 2.75) is 26.6 Å². The number of hydrogen-bond donors (Lipinski definition) is 2. The summed E-state index contributed by atoms with van der Waals surface area (Å²) in [6, 6.07) is 13.6. The van der Waals surface area contributed by atoms with Crippen LogP contribution in [0.15, 0.2) is 48.5 Å². The molecule has 126 valence electrons. The van der Waals surface area contributed by atoms with Gasteiger partial charge in [0, 0.05) is 0 Å². The van der Waals surface area contributed by atoms with Gasteiger partial charge in [0.2, 0.25) is 0 Å². The minimum Gasteiger partial charge on any atom is -0.491 e. The quantitative estimate of drug-likeness (QED) is 0.839. The van der Waals surface area contributed by atoms with Crippen molar-refractivity contribution < 1.29 is 24.2 Å². The maximum Gasteiger partial charge on any atom is 0.411 e. The molecule has 0 aliphatic heterocycles. The average Bonchev–Trinajstić information content (AvgIpc) is 2.54. The van der Waals surface area contributed by atoms with E-state index in [1.165, 1.54) is 12.1 Å². The molecule has 24 heavy (non-hydrogen) atoms. The van der Waals surface area contributed by atoms with Crippen molar-refractivity contribution in [2.24, 2.45) is 0 Å². The number of benzene rings is 2. The van der Waals surface area contributed by atoms with Gasteiger partial charge in [0.1, 0.15) is 12.4 Å². The first-order chi connectivity index (χ1) is 11.5. The van der Waals surface area contributed by atoms with Gasteiger partial charge < -0.3 is 14.6 Å². The van der Waals surface area contributed by atoms with E-state index in [0.717, 1.165) is 5.56 Å². The lowest BCUT2D eigenvalue weighted by atomic mass is 10.1. The molecule has 6 nitrogen and oxygen atoms in total. The fourth-order valence-electron chi connectivity index (χ4n) is 2.02. The van der Waals surface area contributed by atoms with Crippen LogP contribution in [0.4, 0.5) is 10.5 Å². The Labute approximate surface area is 140 Å². The fourth-order valence-corrected chi connectivity index (χ4v) is 2.02. The lowest BCUT2D eigenvalue weighted by Gasteiger charge is -2.13. The van der Waals surface area contributed by atoms with Gasteiger partial charge >= 0.3 is 12.1 Å². The highest BCUT2D eigenvalue weighted by molar-refractivity contribution is 5.99. The van der Waals surface area contributed by atoms with Crippen LogP contribution >= 0.6 is 0 Å². The summed E-state index contributed by atoms with van der Waals surface area (Å²) in [7, 11) is 0. The number of amides is 1. The second-order valence-electron chi connectivity index (χ2n) is 5.37. The third-order valence-corrected chi connectivity index (χ3v) is 3.04. The molecular formula is C18H19NO5. The molecule has 2 N–H and O–H groups in total. The summed E-state index contributed by atoms with van der Waals surface area (Å²) in [4.78, 5) is 23.2. The molecule has 0 spiro atoms. The van der Waals surface area contributed by atoms with E-state index in [1.807, 2.05) is 44.2 Å². The molecule has 2 aromatic rings. The van der Waals surface area contributed by atoms with E-state index >= 15 is 0 Å². The highest BCUT2D eigenvalue weighted by Crippen LogP contribution is 2.23. The first kappa shape index (κ1) is 17.3. The van der Waals surface area contributed by atoms with Gasteiger partial charge in [-0.15, -0.1) is 0 Å². The van der Waals surface area contributed by atoms with Gasteiger partial charge in [-0.05, 0) is 37.6 Å². The topological polar surface area (TPSA) is 84.9 Å². The largest absolute Gasteiger partial charge is 0.491 e. The van der Waals surface area contributed by atoms with Gasteiger partial charge in [-0.1, -0.05) is 30.3 Å². The molecule has 2 aromatic carbocycles. The molecule has 0 bridgehead atoms. The smallest absolute Gasteiger partial charge is 0.411 e. The Kier molecular flexibility index (Phi) is 5.78. The van der Waals surface area contributed by atoms with Gasteiger partial charge in [-0.3, -0.25) is 5.32 Å². The highest BCUT2D eigenvalue weighted by Gasteiger charge is 2.15. The number of carbonyl (C=O) groups is 2. The molecular weight excluding hydrogens is 310 g/mol. The molecule has 0 aliphatic carbocycles. The van der Waals surface area contributed by atoms with Gasteiger partial charge in [0.05, 0.1) is 17.4 Å². The molecule has 0 unspecified atom stereocenters. The first-order valence-electron chi connectivity index (χ1n) is 7.47. The summed E-state index contributed by atoms with van der Waals surface area (Å²) < 4.78 is 10.6. The van der Waals surface area contributed by atoms with Crippen LogP contribution in [0, 0.1) is 0 Å². The number of aromatic carboxylic acids is 1. The maximum absolute atomic E-state index is 11.9. The molecule has 0 saturated heterocycles. The molecule has 0 atom stereocenters. The monoisotopic (exact) mass is 329 g/mol. The van der Waals surface area contributed by atoms with E-state index in [4.69, 9.17) is 9.47 Å². The Hall–Kier alpha value is -3.02. The van der Waals surface area contributed by atoms with Crippen molar-refractivity contribution in [3.63, 3.8) is 0 Å². The van der Waals surface area contributed by atoms with E-state index in [2.05, 4.69) is 5.32 Å². The number of carboxylic acid groups (broad SMARTS) is 1. The van der Waals surface area contributed by atoms with Crippen molar-refractivity contribution >= 4 is 17.7 Å². The van der Waals surface area contributed by atoms with Gasteiger partial charge in [0.25, 0.3) is 0 Å². The normalized spacial score (nSPS) is 10.3. The van der Waals surface area contributed by atoms with Gasteiger partial charge in [0.15, 0.2) is 0 Å².